The number of rotatable bonds is 5. The number of alkyl halides is 2. The average Bonchev–Trinajstić information content (AvgIpc) is 2.94. The van der Waals surface area contributed by atoms with E-state index >= 15 is 0 Å². The van der Waals surface area contributed by atoms with Gasteiger partial charge in [-0.2, -0.15) is 8.78 Å². The minimum Gasteiger partial charge on any atom is -0.346 e. The van der Waals surface area contributed by atoms with Crippen LogP contribution in [0, 0.1) is 5.92 Å². The summed E-state index contributed by atoms with van der Waals surface area (Å²) in [6, 6.07) is 2.02. The molecule has 1 fully saturated rings. The van der Waals surface area contributed by atoms with Gasteiger partial charge in [0.05, 0.1) is 6.54 Å². The van der Waals surface area contributed by atoms with E-state index in [1.807, 2.05) is 23.0 Å². The summed E-state index contributed by atoms with van der Waals surface area (Å²) in [5, 5.41) is 0. The number of halogens is 2. The van der Waals surface area contributed by atoms with Gasteiger partial charge < -0.3 is 10.3 Å². The third-order valence-corrected chi connectivity index (χ3v) is 3.57. The molecular weight excluding hydrogens is 250 g/mol. The van der Waals surface area contributed by atoms with Gasteiger partial charge in [0.25, 0.3) is 0 Å². The second-order valence-corrected chi connectivity index (χ2v) is 5.01. The fourth-order valence-corrected chi connectivity index (χ4v) is 2.29. The van der Waals surface area contributed by atoms with Crippen molar-refractivity contribution in [3.8, 4) is 0 Å². The summed E-state index contributed by atoms with van der Waals surface area (Å²) in [5.74, 6) is 0.927. The number of hydrogen-bond acceptors (Lipinski definition) is 2. The van der Waals surface area contributed by atoms with Crippen molar-refractivity contribution in [3.63, 3.8) is 0 Å². The largest absolute Gasteiger partial charge is 0.346 e. The fraction of sp³-hybridized carbons (Fsp3) is 0.462. The monoisotopic (exact) mass is 266 g/mol. The van der Waals surface area contributed by atoms with Gasteiger partial charge in [-0.05, 0) is 30.4 Å². The highest BCUT2D eigenvalue weighted by molar-refractivity contribution is 5.18. The van der Waals surface area contributed by atoms with Crippen LogP contribution in [0.5, 0.6) is 0 Å². The zero-order chi connectivity index (χ0) is 13.4. The predicted octanol–water partition coefficient (Wildman–Crippen LogP) is 2.54. The summed E-state index contributed by atoms with van der Waals surface area (Å²) in [5.41, 5.74) is 7.18. The highest BCUT2D eigenvalue weighted by Gasteiger charge is 2.29. The Morgan fingerprint density at radius 2 is 2.16 bits per heavy atom. The Morgan fingerprint density at radius 1 is 1.37 bits per heavy atom. The van der Waals surface area contributed by atoms with Crippen molar-refractivity contribution in [2.75, 3.05) is 0 Å². The number of hydrogen-bond donors (Lipinski definition) is 1. The summed E-state index contributed by atoms with van der Waals surface area (Å²) in [4.78, 5) is 3.97. The molecule has 102 valence electrons. The molecule has 4 nitrogen and oxygen atoms in total. The van der Waals surface area contributed by atoms with E-state index in [1.165, 1.54) is 25.2 Å². The Kier molecular flexibility index (Phi) is 3.10. The molecule has 0 aliphatic heterocycles. The molecule has 1 unspecified atom stereocenters. The molecule has 0 spiro atoms. The first-order valence-corrected chi connectivity index (χ1v) is 6.36. The van der Waals surface area contributed by atoms with Crippen LogP contribution in [0.1, 0.15) is 36.8 Å². The molecule has 0 radical (unpaired) electrons. The van der Waals surface area contributed by atoms with E-state index < -0.39 is 6.55 Å². The highest BCUT2D eigenvalue weighted by Crippen LogP contribution is 2.39. The summed E-state index contributed by atoms with van der Waals surface area (Å²) in [7, 11) is 0. The lowest BCUT2D eigenvalue weighted by Gasteiger charge is -2.08. The SMILES string of the molecule is NC(c1ccn(Cc2nccn2C(F)F)c1)C1CC1. The van der Waals surface area contributed by atoms with Crippen LogP contribution in [0.2, 0.25) is 0 Å². The van der Waals surface area contributed by atoms with Crippen molar-refractivity contribution in [2.45, 2.75) is 32.0 Å². The van der Waals surface area contributed by atoms with Crippen LogP contribution >= 0.6 is 0 Å². The fourth-order valence-electron chi connectivity index (χ4n) is 2.29. The Balaban J connectivity index is 1.74. The lowest BCUT2D eigenvalue weighted by atomic mass is 10.1. The van der Waals surface area contributed by atoms with Crippen LogP contribution in [0.25, 0.3) is 0 Å². The molecule has 2 N–H and O–H groups in total. The van der Waals surface area contributed by atoms with Gasteiger partial charge in [-0.1, -0.05) is 0 Å². The minimum atomic E-state index is -2.55. The number of nitrogens with two attached hydrogens (primary N) is 1. The molecule has 1 atom stereocenters. The van der Waals surface area contributed by atoms with Crippen molar-refractivity contribution >= 4 is 0 Å². The second kappa shape index (κ2) is 4.77. The van der Waals surface area contributed by atoms with E-state index in [-0.39, 0.29) is 6.04 Å². The van der Waals surface area contributed by atoms with Gasteiger partial charge in [0.1, 0.15) is 5.82 Å². The molecular formula is C13H16F2N4. The third kappa shape index (κ3) is 2.53. The molecule has 1 saturated carbocycles. The normalized spacial score (nSPS) is 17.1. The first-order valence-electron chi connectivity index (χ1n) is 6.36. The maximum Gasteiger partial charge on any atom is 0.319 e. The van der Waals surface area contributed by atoms with Crippen LogP contribution in [0.15, 0.2) is 30.9 Å². The topological polar surface area (TPSA) is 48.8 Å². The second-order valence-electron chi connectivity index (χ2n) is 5.01. The molecule has 1 aliphatic carbocycles. The Labute approximate surface area is 109 Å². The van der Waals surface area contributed by atoms with Gasteiger partial charge in [0.2, 0.25) is 0 Å². The van der Waals surface area contributed by atoms with Crippen LogP contribution in [-0.4, -0.2) is 14.1 Å². The van der Waals surface area contributed by atoms with E-state index in [9.17, 15) is 8.78 Å². The molecule has 19 heavy (non-hydrogen) atoms. The van der Waals surface area contributed by atoms with Crippen molar-refractivity contribution in [3.05, 3.63) is 42.2 Å². The summed E-state index contributed by atoms with van der Waals surface area (Å²) in [6.45, 7) is -2.23. The molecule has 0 saturated heterocycles. The predicted molar refractivity (Wildman–Crippen MR) is 66.7 cm³/mol. The van der Waals surface area contributed by atoms with Crippen LogP contribution in [-0.2, 0) is 6.54 Å². The van der Waals surface area contributed by atoms with Crippen molar-refractivity contribution in [1.29, 1.82) is 0 Å². The molecule has 6 heteroatoms. The molecule has 0 amide bonds. The molecule has 0 aromatic carbocycles. The van der Waals surface area contributed by atoms with Crippen LogP contribution < -0.4 is 5.73 Å². The van der Waals surface area contributed by atoms with E-state index in [1.54, 1.807) is 0 Å². The molecule has 2 aromatic heterocycles. The quantitative estimate of drug-likeness (QED) is 0.904. The van der Waals surface area contributed by atoms with Gasteiger partial charge in [0.15, 0.2) is 0 Å². The molecule has 0 bridgehead atoms. The lowest BCUT2D eigenvalue weighted by molar-refractivity contribution is 0.0667. The zero-order valence-corrected chi connectivity index (χ0v) is 10.4. The van der Waals surface area contributed by atoms with Gasteiger partial charge >= 0.3 is 6.55 Å². The van der Waals surface area contributed by atoms with Crippen LogP contribution in [0.4, 0.5) is 8.78 Å². The number of nitrogens with zero attached hydrogens (tertiary/aromatic N) is 3. The number of imidazole rings is 1. The van der Waals surface area contributed by atoms with Gasteiger partial charge in [-0.25, -0.2) is 4.98 Å². The summed E-state index contributed by atoms with van der Waals surface area (Å²) in [6.07, 6.45) is 8.84. The van der Waals surface area contributed by atoms with Crippen molar-refractivity contribution in [2.24, 2.45) is 11.7 Å². The Morgan fingerprint density at radius 3 is 2.84 bits per heavy atom. The van der Waals surface area contributed by atoms with E-state index in [0.717, 1.165) is 10.1 Å². The van der Waals surface area contributed by atoms with E-state index in [2.05, 4.69) is 4.98 Å². The minimum absolute atomic E-state index is 0.0658. The summed E-state index contributed by atoms with van der Waals surface area (Å²) >= 11 is 0. The lowest BCUT2D eigenvalue weighted by Crippen LogP contribution is -2.12. The Hall–Kier alpha value is -1.69. The first kappa shape index (κ1) is 12.3. The highest BCUT2D eigenvalue weighted by atomic mass is 19.3. The molecule has 3 rings (SSSR count). The molecule has 2 heterocycles. The smallest absolute Gasteiger partial charge is 0.319 e. The van der Waals surface area contributed by atoms with Gasteiger partial charge in [0, 0.05) is 30.8 Å². The maximum absolute atomic E-state index is 12.7. The maximum atomic E-state index is 12.7. The Bertz CT molecular complexity index is 556. The number of aromatic nitrogens is 3. The summed E-state index contributed by atoms with van der Waals surface area (Å²) < 4.78 is 28.1. The van der Waals surface area contributed by atoms with Gasteiger partial charge in [-0.3, -0.25) is 4.57 Å². The van der Waals surface area contributed by atoms with E-state index in [0.29, 0.717) is 18.3 Å². The van der Waals surface area contributed by atoms with Crippen molar-refractivity contribution in [1.82, 2.24) is 14.1 Å². The van der Waals surface area contributed by atoms with Crippen LogP contribution in [0.3, 0.4) is 0 Å². The molecule has 2 aromatic rings. The van der Waals surface area contributed by atoms with E-state index in [4.69, 9.17) is 5.73 Å². The standard InChI is InChI=1S/C13H16F2N4/c14-13(15)19-6-4-17-11(19)8-18-5-3-10(7-18)12(16)9-1-2-9/h3-7,9,12-13H,1-2,8,16H2. The average molecular weight is 266 g/mol. The zero-order valence-electron chi connectivity index (χ0n) is 10.4. The third-order valence-electron chi connectivity index (χ3n) is 3.57. The van der Waals surface area contributed by atoms with Gasteiger partial charge in [-0.15, -0.1) is 0 Å². The molecule has 1 aliphatic rings. The first-order chi connectivity index (χ1) is 9.15. The van der Waals surface area contributed by atoms with Crippen molar-refractivity contribution < 1.29 is 8.78 Å².